The van der Waals surface area contributed by atoms with Gasteiger partial charge in [0.2, 0.25) is 0 Å². The van der Waals surface area contributed by atoms with Gasteiger partial charge in [0.25, 0.3) is 5.91 Å². The molecule has 3 aromatic carbocycles. The molecule has 4 aromatic rings. The highest BCUT2D eigenvalue weighted by Gasteiger charge is 2.17. The number of phenols is 1. The second kappa shape index (κ2) is 10.4. The number of aromatic nitrogens is 3. The Morgan fingerprint density at radius 2 is 1.79 bits per heavy atom. The third kappa shape index (κ3) is 5.27. The number of carbonyl (C=O) groups excluding carboxylic acids is 1. The van der Waals surface area contributed by atoms with Crippen molar-refractivity contribution in [2.75, 3.05) is 5.75 Å². The van der Waals surface area contributed by atoms with E-state index in [-0.39, 0.29) is 5.75 Å². The number of nitrogens with zero attached hydrogens (tertiary/aromatic N) is 5. The topological polar surface area (TPSA) is 136 Å². The van der Waals surface area contributed by atoms with Gasteiger partial charge in [0.05, 0.1) is 16.9 Å². The fraction of sp³-hybridized carbons (Fsp3) is 0.0435. The van der Waals surface area contributed by atoms with Gasteiger partial charge in [-0.25, -0.2) is 5.43 Å². The molecule has 0 atom stereocenters. The maximum atomic E-state index is 12.3. The van der Waals surface area contributed by atoms with E-state index in [0.717, 1.165) is 17.3 Å². The second-order valence-corrected chi connectivity index (χ2v) is 7.87. The van der Waals surface area contributed by atoms with Crippen LogP contribution < -0.4 is 5.43 Å². The van der Waals surface area contributed by atoms with Gasteiger partial charge in [0, 0.05) is 22.9 Å². The van der Waals surface area contributed by atoms with Crippen molar-refractivity contribution in [3.63, 3.8) is 0 Å². The quantitative estimate of drug-likeness (QED) is 0.172. The lowest BCUT2D eigenvalue weighted by molar-refractivity contribution is -0.385. The summed E-state index contributed by atoms with van der Waals surface area (Å²) in [6.07, 6.45) is 1.26. The molecule has 10 nitrogen and oxygen atoms in total. The lowest BCUT2D eigenvalue weighted by Crippen LogP contribution is -2.20. The molecule has 1 heterocycles. The van der Waals surface area contributed by atoms with E-state index >= 15 is 0 Å². The summed E-state index contributed by atoms with van der Waals surface area (Å²) < 4.78 is 1.88. The third-order valence-corrected chi connectivity index (χ3v) is 5.54. The summed E-state index contributed by atoms with van der Waals surface area (Å²) >= 11 is 1.20. The first-order valence-electron chi connectivity index (χ1n) is 10.0. The van der Waals surface area contributed by atoms with Gasteiger partial charge >= 0.3 is 5.69 Å². The molecule has 0 bridgehead atoms. The minimum absolute atomic E-state index is 0.0207. The molecular formula is C23H18N6O4S. The monoisotopic (exact) mass is 474 g/mol. The number of hydrazone groups is 1. The Kier molecular flexibility index (Phi) is 6.94. The van der Waals surface area contributed by atoms with Crippen molar-refractivity contribution in [1.82, 2.24) is 20.2 Å². The van der Waals surface area contributed by atoms with E-state index in [4.69, 9.17) is 0 Å². The van der Waals surface area contributed by atoms with Crippen LogP contribution in [0, 0.1) is 10.1 Å². The maximum absolute atomic E-state index is 12.3. The number of benzene rings is 3. The van der Waals surface area contributed by atoms with Gasteiger partial charge in [-0.3, -0.25) is 19.5 Å². The number of nitro benzene ring substituents is 1. The number of aromatic hydroxyl groups is 1. The molecule has 11 heteroatoms. The van der Waals surface area contributed by atoms with Crippen molar-refractivity contribution in [2.45, 2.75) is 5.16 Å². The van der Waals surface area contributed by atoms with Crippen molar-refractivity contribution < 1.29 is 14.8 Å². The van der Waals surface area contributed by atoms with Crippen molar-refractivity contribution in [2.24, 2.45) is 5.10 Å². The first kappa shape index (κ1) is 22.7. The van der Waals surface area contributed by atoms with Gasteiger partial charge in [0.15, 0.2) is 16.7 Å². The molecule has 0 fully saturated rings. The largest absolute Gasteiger partial charge is 0.502 e. The lowest BCUT2D eigenvalue weighted by Gasteiger charge is -2.10. The van der Waals surface area contributed by atoms with E-state index in [2.05, 4.69) is 20.7 Å². The summed E-state index contributed by atoms with van der Waals surface area (Å²) in [6, 6.07) is 23.0. The zero-order chi connectivity index (χ0) is 23.9. The smallest absolute Gasteiger partial charge is 0.311 e. The maximum Gasteiger partial charge on any atom is 0.311 e. The molecule has 0 saturated carbocycles. The summed E-state index contributed by atoms with van der Waals surface area (Å²) in [5.74, 6) is -0.160. The van der Waals surface area contributed by atoms with E-state index in [1.54, 1.807) is 0 Å². The van der Waals surface area contributed by atoms with Crippen LogP contribution in [0.5, 0.6) is 5.75 Å². The number of nitrogens with one attached hydrogen (secondary N) is 1. The summed E-state index contributed by atoms with van der Waals surface area (Å²) in [5.41, 5.74) is 4.05. The van der Waals surface area contributed by atoms with Crippen LogP contribution in [0.4, 0.5) is 5.69 Å². The molecule has 2 N–H and O–H groups in total. The number of thioether (sulfide) groups is 1. The van der Waals surface area contributed by atoms with Gasteiger partial charge in [-0.2, -0.15) is 5.10 Å². The van der Waals surface area contributed by atoms with E-state index in [0.29, 0.717) is 16.5 Å². The molecule has 34 heavy (non-hydrogen) atoms. The van der Waals surface area contributed by atoms with Crippen LogP contribution in [0.15, 0.2) is 89.1 Å². The predicted molar refractivity (Wildman–Crippen MR) is 128 cm³/mol. The van der Waals surface area contributed by atoms with E-state index in [1.807, 2.05) is 65.2 Å². The normalized spacial score (nSPS) is 10.9. The zero-order valence-electron chi connectivity index (χ0n) is 17.6. The summed E-state index contributed by atoms with van der Waals surface area (Å²) in [5, 5.41) is 33.4. The molecular weight excluding hydrogens is 456 g/mol. The molecule has 1 aromatic heterocycles. The van der Waals surface area contributed by atoms with Gasteiger partial charge < -0.3 is 5.11 Å². The van der Waals surface area contributed by atoms with Gasteiger partial charge in [0.1, 0.15) is 0 Å². The number of amides is 1. The Balaban J connectivity index is 1.46. The van der Waals surface area contributed by atoms with Crippen LogP contribution in [0.2, 0.25) is 0 Å². The molecule has 1 amide bonds. The molecule has 0 spiro atoms. The fourth-order valence-corrected chi connectivity index (χ4v) is 3.80. The number of nitro groups is 1. The van der Waals surface area contributed by atoms with Crippen LogP contribution in [-0.4, -0.2) is 42.7 Å². The number of rotatable bonds is 8. The lowest BCUT2D eigenvalue weighted by atomic mass is 10.2. The molecule has 170 valence electrons. The molecule has 0 unspecified atom stereocenters. The van der Waals surface area contributed by atoms with Crippen molar-refractivity contribution in [1.29, 1.82) is 0 Å². The van der Waals surface area contributed by atoms with E-state index in [9.17, 15) is 20.0 Å². The molecule has 0 aliphatic carbocycles. The highest BCUT2D eigenvalue weighted by Crippen LogP contribution is 2.28. The molecule has 0 aliphatic heterocycles. The van der Waals surface area contributed by atoms with Crippen LogP contribution in [0.1, 0.15) is 5.56 Å². The van der Waals surface area contributed by atoms with Crippen LogP contribution >= 0.6 is 11.8 Å². The Hall–Kier alpha value is -4.51. The first-order chi connectivity index (χ1) is 16.5. The average molecular weight is 475 g/mol. The second-order valence-electron chi connectivity index (χ2n) is 6.93. The van der Waals surface area contributed by atoms with Crippen LogP contribution in [0.25, 0.3) is 17.1 Å². The highest BCUT2D eigenvalue weighted by molar-refractivity contribution is 7.99. The third-order valence-electron chi connectivity index (χ3n) is 4.61. The Morgan fingerprint density at radius 1 is 1.09 bits per heavy atom. The molecule has 0 radical (unpaired) electrons. The Morgan fingerprint density at radius 3 is 2.50 bits per heavy atom. The van der Waals surface area contributed by atoms with Crippen molar-refractivity contribution in [3.05, 3.63) is 94.5 Å². The van der Waals surface area contributed by atoms with Crippen molar-refractivity contribution in [3.8, 4) is 22.8 Å². The van der Waals surface area contributed by atoms with Gasteiger partial charge in [-0.15, -0.1) is 10.2 Å². The molecule has 0 aliphatic rings. The minimum Gasteiger partial charge on any atom is -0.502 e. The standard InChI is InChI=1S/C23H18N6O4S/c30-20-12-11-16(13-19(20)29(32)33)14-24-25-21(31)15-34-23-27-26-22(17-7-3-1-4-8-17)28(23)18-9-5-2-6-10-18/h1-14,30H,15H2,(H,25,31)/b24-14+. The van der Waals surface area contributed by atoms with Gasteiger partial charge in [-0.1, -0.05) is 60.3 Å². The first-order valence-corrected chi connectivity index (χ1v) is 11.0. The number of hydrogen-bond donors (Lipinski definition) is 2. The SMILES string of the molecule is O=C(CSc1nnc(-c2ccccc2)n1-c1ccccc1)N/N=C/c1ccc(O)c([N+](=O)[O-])c1. The van der Waals surface area contributed by atoms with Crippen molar-refractivity contribution >= 4 is 29.6 Å². The van der Waals surface area contributed by atoms with E-state index < -0.39 is 22.3 Å². The average Bonchev–Trinajstić information content (AvgIpc) is 3.29. The van der Waals surface area contributed by atoms with Crippen LogP contribution in [0.3, 0.4) is 0 Å². The summed E-state index contributed by atoms with van der Waals surface area (Å²) in [7, 11) is 0. The highest BCUT2D eigenvalue weighted by atomic mass is 32.2. The van der Waals surface area contributed by atoms with E-state index in [1.165, 1.54) is 30.1 Å². The number of hydrogen-bond acceptors (Lipinski definition) is 8. The fourth-order valence-electron chi connectivity index (χ4n) is 3.06. The van der Waals surface area contributed by atoms with Crippen LogP contribution in [-0.2, 0) is 4.79 Å². The molecule has 0 saturated heterocycles. The Labute approximate surface area is 198 Å². The number of phenolic OH excluding ortho intramolecular Hbond substituents is 1. The zero-order valence-corrected chi connectivity index (χ0v) is 18.4. The summed E-state index contributed by atoms with van der Waals surface area (Å²) in [4.78, 5) is 22.5. The Bertz CT molecular complexity index is 1340. The van der Waals surface area contributed by atoms with Gasteiger partial charge in [-0.05, 0) is 24.3 Å². The predicted octanol–water partition coefficient (Wildman–Crippen LogP) is 3.79. The minimum atomic E-state index is -0.700. The molecule has 4 rings (SSSR count). The summed E-state index contributed by atoms with van der Waals surface area (Å²) in [6.45, 7) is 0. The number of carbonyl (C=O) groups is 1. The number of para-hydroxylation sites is 1.